The van der Waals surface area contributed by atoms with E-state index < -0.39 is 0 Å². The molecule has 2 heterocycles. The number of nitrogens with zero attached hydrogens (tertiary/aromatic N) is 2. The van der Waals surface area contributed by atoms with Gasteiger partial charge in [-0.3, -0.25) is 9.69 Å². The highest BCUT2D eigenvalue weighted by atomic mass is 16.5. The Kier molecular flexibility index (Phi) is 5.75. The number of likely N-dealkylation sites (tertiary alicyclic amines) is 1. The lowest BCUT2D eigenvalue weighted by atomic mass is 9.85. The molecule has 0 bridgehead atoms. The Bertz CT molecular complexity index is 360. The SMILES string of the molecule is CC(=O)N1CCC(N2CCO[C@H](CC3CCCCC3)C2)CC1. The van der Waals surface area contributed by atoms with Crippen LogP contribution in [-0.2, 0) is 9.53 Å². The molecule has 1 saturated carbocycles. The third-order valence-electron chi connectivity index (χ3n) is 5.92. The monoisotopic (exact) mass is 308 g/mol. The van der Waals surface area contributed by atoms with Crippen LogP contribution in [0.2, 0.25) is 0 Å². The van der Waals surface area contributed by atoms with Gasteiger partial charge >= 0.3 is 0 Å². The van der Waals surface area contributed by atoms with Gasteiger partial charge in [0.05, 0.1) is 12.7 Å². The second-order valence-electron chi connectivity index (χ2n) is 7.46. The van der Waals surface area contributed by atoms with Gasteiger partial charge in [0, 0.05) is 39.1 Å². The number of amides is 1. The highest BCUT2D eigenvalue weighted by Crippen LogP contribution is 2.29. The molecule has 2 saturated heterocycles. The highest BCUT2D eigenvalue weighted by Gasteiger charge is 2.31. The summed E-state index contributed by atoms with van der Waals surface area (Å²) in [5.41, 5.74) is 0. The van der Waals surface area contributed by atoms with Crippen molar-refractivity contribution in [3.8, 4) is 0 Å². The third kappa shape index (κ3) is 4.23. The normalized spacial score (nSPS) is 29.7. The minimum absolute atomic E-state index is 0.232. The van der Waals surface area contributed by atoms with Crippen molar-refractivity contribution in [1.82, 2.24) is 9.80 Å². The maximum atomic E-state index is 11.4. The van der Waals surface area contributed by atoms with E-state index >= 15 is 0 Å². The zero-order valence-electron chi connectivity index (χ0n) is 14.1. The van der Waals surface area contributed by atoms with Crippen LogP contribution in [0.4, 0.5) is 0 Å². The largest absolute Gasteiger partial charge is 0.376 e. The van der Waals surface area contributed by atoms with Crippen molar-refractivity contribution >= 4 is 5.91 Å². The standard InChI is InChI=1S/C18H32N2O2/c1-15(21)19-9-7-17(8-10-19)20-11-12-22-18(14-20)13-16-5-3-2-4-6-16/h16-18H,2-14H2,1H3/t18-/m1/s1. The van der Waals surface area contributed by atoms with Gasteiger partial charge < -0.3 is 9.64 Å². The van der Waals surface area contributed by atoms with Crippen LogP contribution in [-0.4, -0.2) is 60.6 Å². The summed E-state index contributed by atoms with van der Waals surface area (Å²) in [6.07, 6.45) is 11.1. The molecule has 4 heteroatoms. The predicted molar refractivity (Wildman–Crippen MR) is 87.8 cm³/mol. The predicted octanol–water partition coefficient (Wildman–Crippen LogP) is 2.67. The zero-order chi connectivity index (χ0) is 15.4. The van der Waals surface area contributed by atoms with Gasteiger partial charge in [-0.25, -0.2) is 0 Å². The van der Waals surface area contributed by atoms with Gasteiger partial charge in [-0.15, -0.1) is 0 Å². The Labute approximate surface area is 135 Å². The molecule has 3 fully saturated rings. The minimum Gasteiger partial charge on any atom is -0.376 e. The van der Waals surface area contributed by atoms with Crippen LogP contribution >= 0.6 is 0 Å². The molecular formula is C18H32N2O2. The van der Waals surface area contributed by atoms with E-state index in [2.05, 4.69) is 4.90 Å². The Balaban J connectivity index is 1.45. The van der Waals surface area contributed by atoms with Crippen molar-refractivity contribution in [3.05, 3.63) is 0 Å². The summed E-state index contributed by atoms with van der Waals surface area (Å²) < 4.78 is 6.05. The lowest BCUT2D eigenvalue weighted by Gasteiger charge is -2.42. The molecule has 0 spiro atoms. The Morgan fingerprint density at radius 2 is 1.77 bits per heavy atom. The van der Waals surface area contributed by atoms with Crippen LogP contribution in [0.5, 0.6) is 0 Å². The lowest BCUT2D eigenvalue weighted by Crippen LogP contribution is -2.52. The fraction of sp³-hybridized carbons (Fsp3) is 0.944. The number of ether oxygens (including phenoxy) is 1. The third-order valence-corrected chi connectivity index (χ3v) is 5.92. The molecule has 0 aromatic carbocycles. The quantitative estimate of drug-likeness (QED) is 0.803. The van der Waals surface area contributed by atoms with Crippen LogP contribution in [0.1, 0.15) is 58.3 Å². The number of morpholine rings is 1. The number of carbonyl (C=O) groups excluding carboxylic acids is 1. The molecule has 2 aliphatic heterocycles. The van der Waals surface area contributed by atoms with Crippen LogP contribution in [0, 0.1) is 5.92 Å². The van der Waals surface area contributed by atoms with Gasteiger partial charge in [-0.2, -0.15) is 0 Å². The molecular weight excluding hydrogens is 276 g/mol. The van der Waals surface area contributed by atoms with Crippen LogP contribution in [0.3, 0.4) is 0 Å². The summed E-state index contributed by atoms with van der Waals surface area (Å²) in [4.78, 5) is 16.1. The smallest absolute Gasteiger partial charge is 0.219 e. The lowest BCUT2D eigenvalue weighted by molar-refractivity contribution is -0.131. The van der Waals surface area contributed by atoms with Gasteiger partial charge in [0.1, 0.15) is 0 Å². The van der Waals surface area contributed by atoms with E-state index in [0.29, 0.717) is 12.1 Å². The summed E-state index contributed by atoms with van der Waals surface area (Å²) in [5, 5.41) is 0. The van der Waals surface area contributed by atoms with E-state index in [9.17, 15) is 4.79 Å². The average molecular weight is 308 g/mol. The first-order valence-electron chi connectivity index (χ1n) is 9.33. The molecule has 0 aromatic rings. The molecule has 0 aromatic heterocycles. The maximum absolute atomic E-state index is 11.4. The van der Waals surface area contributed by atoms with E-state index in [1.807, 2.05) is 4.90 Å². The van der Waals surface area contributed by atoms with E-state index in [0.717, 1.165) is 51.5 Å². The Hall–Kier alpha value is -0.610. The van der Waals surface area contributed by atoms with Gasteiger partial charge in [0.2, 0.25) is 5.91 Å². The molecule has 3 rings (SSSR count). The van der Waals surface area contributed by atoms with Crippen LogP contribution < -0.4 is 0 Å². The maximum Gasteiger partial charge on any atom is 0.219 e. The second kappa shape index (κ2) is 7.78. The van der Waals surface area contributed by atoms with Crippen molar-refractivity contribution in [2.45, 2.75) is 70.4 Å². The minimum atomic E-state index is 0.232. The van der Waals surface area contributed by atoms with Crippen LogP contribution in [0.15, 0.2) is 0 Å². The van der Waals surface area contributed by atoms with Crippen molar-refractivity contribution in [2.75, 3.05) is 32.8 Å². The second-order valence-corrected chi connectivity index (χ2v) is 7.46. The number of hydrogen-bond donors (Lipinski definition) is 0. The van der Waals surface area contributed by atoms with Crippen molar-refractivity contribution in [1.29, 1.82) is 0 Å². The van der Waals surface area contributed by atoms with E-state index in [1.54, 1.807) is 6.92 Å². The fourth-order valence-corrected chi connectivity index (χ4v) is 4.56. The molecule has 126 valence electrons. The Morgan fingerprint density at radius 1 is 1.05 bits per heavy atom. The molecule has 4 nitrogen and oxygen atoms in total. The molecule has 1 amide bonds. The van der Waals surface area contributed by atoms with Crippen molar-refractivity contribution < 1.29 is 9.53 Å². The summed E-state index contributed by atoms with van der Waals surface area (Å²) in [6.45, 7) is 6.64. The Morgan fingerprint density at radius 3 is 2.45 bits per heavy atom. The number of piperidine rings is 1. The average Bonchev–Trinajstić information content (AvgIpc) is 2.56. The van der Waals surface area contributed by atoms with Gasteiger partial charge in [0.15, 0.2) is 0 Å². The van der Waals surface area contributed by atoms with Gasteiger partial charge in [-0.05, 0) is 25.2 Å². The number of carbonyl (C=O) groups is 1. The first-order valence-corrected chi connectivity index (χ1v) is 9.33. The van der Waals surface area contributed by atoms with Gasteiger partial charge in [0.25, 0.3) is 0 Å². The summed E-state index contributed by atoms with van der Waals surface area (Å²) in [6, 6.07) is 0.661. The molecule has 0 unspecified atom stereocenters. The first kappa shape index (κ1) is 16.3. The molecule has 0 N–H and O–H groups in total. The molecule has 3 aliphatic rings. The van der Waals surface area contributed by atoms with Crippen molar-refractivity contribution in [3.63, 3.8) is 0 Å². The van der Waals surface area contributed by atoms with E-state index in [-0.39, 0.29) is 5.91 Å². The fourth-order valence-electron chi connectivity index (χ4n) is 4.56. The topological polar surface area (TPSA) is 32.8 Å². The van der Waals surface area contributed by atoms with E-state index in [1.165, 1.54) is 38.5 Å². The number of hydrogen-bond acceptors (Lipinski definition) is 3. The molecule has 1 aliphatic carbocycles. The van der Waals surface area contributed by atoms with E-state index in [4.69, 9.17) is 4.74 Å². The number of rotatable bonds is 3. The molecule has 22 heavy (non-hydrogen) atoms. The first-order chi connectivity index (χ1) is 10.7. The van der Waals surface area contributed by atoms with Crippen LogP contribution in [0.25, 0.3) is 0 Å². The zero-order valence-corrected chi connectivity index (χ0v) is 14.1. The van der Waals surface area contributed by atoms with Gasteiger partial charge in [-0.1, -0.05) is 32.1 Å². The summed E-state index contributed by atoms with van der Waals surface area (Å²) in [5.74, 6) is 1.13. The van der Waals surface area contributed by atoms with Crippen molar-refractivity contribution in [2.24, 2.45) is 5.92 Å². The summed E-state index contributed by atoms with van der Waals surface area (Å²) >= 11 is 0. The highest BCUT2D eigenvalue weighted by molar-refractivity contribution is 5.73. The molecule has 0 radical (unpaired) electrons. The summed E-state index contributed by atoms with van der Waals surface area (Å²) in [7, 11) is 0. The molecule has 1 atom stereocenters.